The van der Waals surface area contributed by atoms with Crippen LogP contribution in [0, 0.1) is 6.92 Å². The third-order valence-corrected chi connectivity index (χ3v) is 4.71. The van der Waals surface area contributed by atoms with Crippen molar-refractivity contribution in [1.82, 2.24) is 4.98 Å². The van der Waals surface area contributed by atoms with Gasteiger partial charge in [0, 0.05) is 15.8 Å². The molecule has 1 atom stereocenters. The molecule has 2 aromatic rings. The molecule has 0 aliphatic carbocycles. The summed E-state index contributed by atoms with van der Waals surface area (Å²) < 4.78 is 0. The van der Waals surface area contributed by atoms with Gasteiger partial charge in [-0.3, -0.25) is 0 Å². The summed E-state index contributed by atoms with van der Waals surface area (Å²) in [4.78, 5) is 5.63. The number of aromatic nitrogens is 1. The number of alkyl halides is 1. The van der Waals surface area contributed by atoms with Gasteiger partial charge in [-0.1, -0.05) is 23.7 Å². The van der Waals surface area contributed by atoms with Gasteiger partial charge in [0.15, 0.2) is 0 Å². The minimum Gasteiger partial charge on any atom is -0.250 e. The predicted octanol–water partition coefficient (Wildman–Crippen LogP) is 5.06. The van der Waals surface area contributed by atoms with Gasteiger partial charge >= 0.3 is 0 Å². The topological polar surface area (TPSA) is 12.9 Å². The van der Waals surface area contributed by atoms with E-state index in [0.29, 0.717) is 11.8 Å². The zero-order chi connectivity index (χ0) is 13.0. The highest BCUT2D eigenvalue weighted by Gasteiger charge is 2.12. The van der Waals surface area contributed by atoms with Gasteiger partial charge in [-0.25, -0.2) is 4.98 Å². The molecule has 0 N–H and O–H groups in total. The van der Waals surface area contributed by atoms with Crippen molar-refractivity contribution in [1.29, 1.82) is 0 Å². The molecule has 0 saturated carbocycles. The van der Waals surface area contributed by atoms with Crippen molar-refractivity contribution < 1.29 is 0 Å². The predicted molar refractivity (Wildman–Crippen MR) is 80.1 cm³/mol. The molecule has 96 valence electrons. The Labute approximate surface area is 122 Å². The summed E-state index contributed by atoms with van der Waals surface area (Å²) in [6.07, 6.45) is 2.09. The molecule has 0 radical (unpaired) electrons. The first kappa shape index (κ1) is 13.9. The van der Waals surface area contributed by atoms with E-state index in [1.54, 1.807) is 11.3 Å². The first-order valence-corrected chi connectivity index (χ1v) is 7.70. The van der Waals surface area contributed by atoms with Crippen LogP contribution in [0.1, 0.15) is 28.5 Å². The summed E-state index contributed by atoms with van der Waals surface area (Å²) in [5.41, 5.74) is 4.31. The average Bonchev–Trinajstić information content (AvgIpc) is 2.78. The second-order valence-electron chi connectivity index (χ2n) is 4.30. The van der Waals surface area contributed by atoms with E-state index < -0.39 is 0 Å². The molecule has 0 saturated heterocycles. The van der Waals surface area contributed by atoms with E-state index in [1.807, 2.05) is 17.6 Å². The van der Waals surface area contributed by atoms with Gasteiger partial charge in [0.1, 0.15) is 0 Å². The molecule has 0 amide bonds. The SMILES string of the molecule is Cc1ncsc1CCC(CCl)c1ccc(Cl)cc1. The first-order chi connectivity index (χ1) is 8.70. The van der Waals surface area contributed by atoms with E-state index in [0.717, 1.165) is 23.6 Å². The minimum atomic E-state index is 0.380. The van der Waals surface area contributed by atoms with Gasteiger partial charge in [-0.05, 0) is 43.4 Å². The molecule has 18 heavy (non-hydrogen) atoms. The fourth-order valence-electron chi connectivity index (χ4n) is 1.94. The molecule has 1 nitrogen and oxygen atoms in total. The van der Waals surface area contributed by atoms with Crippen LogP contribution in [0.4, 0.5) is 0 Å². The van der Waals surface area contributed by atoms with Crippen LogP contribution in [-0.2, 0) is 6.42 Å². The molecule has 1 aromatic carbocycles. The Balaban J connectivity index is 2.01. The minimum absolute atomic E-state index is 0.380. The standard InChI is InChI=1S/C14H15Cl2NS/c1-10-14(18-9-17-10)7-4-12(8-15)11-2-5-13(16)6-3-11/h2-3,5-6,9,12H,4,7-8H2,1H3. The summed E-state index contributed by atoms with van der Waals surface area (Å²) in [5, 5.41) is 0.769. The lowest BCUT2D eigenvalue weighted by Gasteiger charge is -2.14. The molecule has 0 spiro atoms. The van der Waals surface area contributed by atoms with Crippen molar-refractivity contribution in [3.63, 3.8) is 0 Å². The molecule has 0 fully saturated rings. The lowest BCUT2D eigenvalue weighted by atomic mass is 9.95. The van der Waals surface area contributed by atoms with Crippen molar-refractivity contribution in [3.05, 3.63) is 50.9 Å². The quantitative estimate of drug-likeness (QED) is 0.703. The number of rotatable bonds is 5. The van der Waals surface area contributed by atoms with Gasteiger partial charge < -0.3 is 0 Å². The Hall–Kier alpha value is -0.570. The Morgan fingerprint density at radius 1 is 1.28 bits per heavy atom. The van der Waals surface area contributed by atoms with E-state index in [2.05, 4.69) is 24.0 Å². The normalized spacial score (nSPS) is 12.6. The fourth-order valence-corrected chi connectivity index (χ4v) is 3.19. The second-order valence-corrected chi connectivity index (χ2v) is 5.99. The molecular weight excluding hydrogens is 285 g/mol. The Morgan fingerprint density at radius 2 is 2.00 bits per heavy atom. The maximum absolute atomic E-state index is 6.08. The monoisotopic (exact) mass is 299 g/mol. The molecule has 1 aromatic heterocycles. The molecule has 4 heteroatoms. The van der Waals surface area contributed by atoms with Gasteiger partial charge in [0.2, 0.25) is 0 Å². The number of benzene rings is 1. The lowest BCUT2D eigenvalue weighted by molar-refractivity contribution is 0.688. The van der Waals surface area contributed by atoms with E-state index in [4.69, 9.17) is 23.2 Å². The van der Waals surface area contributed by atoms with Crippen LogP contribution in [0.25, 0.3) is 0 Å². The number of hydrogen-bond acceptors (Lipinski definition) is 2. The van der Waals surface area contributed by atoms with Crippen molar-refractivity contribution in [2.24, 2.45) is 0 Å². The lowest BCUT2D eigenvalue weighted by Crippen LogP contribution is -2.02. The molecule has 2 rings (SSSR count). The van der Waals surface area contributed by atoms with Crippen molar-refractivity contribution >= 4 is 34.5 Å². The van der Waals surface area contributed by atoms with Crippen LogP contribution in [0.5, 0.6) is 0 Å². The van der Waals surface area contributed by atoms with Gasteiger partial charge in [0.25, 0.3) is 0 Å². The average molecular weight is 300 g/mol. The number of aryl methyl sites for hydroxylation is 2. The molecule has 0 aliphatic heterocycles. The van der Waals surface area contributed by atoms with E-state index in [9.17, 15) is 0 Å². The first-order valence-electron chi connectivity index (χ1n) is 5.91. The van der Waals surface area contributed by atoms with Gasteiger partial charge in [-0.2, -0.15) is 0 Å². The van der Waals surface area contributed by atoms with E-state index in [-0.39, 0.29) is 0 Å². The Morgan fingerprint density at radius 3 is 2.56 bits per heavy atom. The van der Waals surface area contributed by atoms with Crippen LogP contribution in [0.3, 0.4) is 0 Å². The summed E-state index contributed by atoms with van der Waals surface area (Å²) >= 11 is 13.7. The third kappa shape index (κ3) is 3.47. The number of halogens is 2. The smallest absolute Gasteiger partial charge is 0.0797 e. The maximum atomic E-state index is 6.08. The molecular formula is C14H15Cl2NS. The van der Waals surface area contributed by atoms with Crippen molar-refractivity contribution in [2.75, 3.05) is 5.88 Å². The van der Waals surface area contributed by atoms with E-state index >= 15 is 0 Å². The molecule has 1 heterocycles. The fraction of sp³-hybridized carbons (Fsp3) is 0.357. The maximum Gasteiger partial charge on any atom is 0.0797 e. The Kier molecular flexibility index (Phi) is 5.04. The van der Waals surface area contributed by atoms with Gasteiger partial charge in [-0.15, -0.1) is 22.9 Å². The molecule has 0 bridgehead atoms. The highest BCUT2D eigenvalue weighted by molar-refractivity contribution is 7.09. The van der Waals surface area contributed by atoms with Crippen molar-refractivity contribution in [3.8, 4) is 0 Å². The largest absolute Gasteiger partial charge is 0.250 e. The number of nitrogens with zero attached hydrogens (tertiary/aromatic N) is 1. The number of hydrogen-bond donors (Lipinski definition) is 0. The summed E-state index contributed by atoms with van der Waals surface area (Å²) in [6.45, 7) is 2.06. The van der Waals surface area contributed by atoms with Gasteiger partial charge in [0.05, 0.1) is 11.2 Å². The molecule has 0 aliphatic rings. The van der Waals surface area contributed by atoms with Crippen LogP contribution >= 0.6 is 34.5 Å². The zero-order valence-corrected chi connectivity index (χ0v) is 12.5. The summed E-state index contributed by atoms with van der Waals surface area (Å²) in [7, 11) is 0. The third-order valence-electron chi connectivity index (χ3n) is 3.09. The van der Waals surface area contributed by atoms with Crippen LogP contribution in [0.15, 0.2) is 29.8 Å². The Bertz CT molecular complexity index is 493. The number of thiazole rings is 1. The summed E-state index contributed by atoms with van der Waals surface area (Å²) in [6, 6.07) is 7.98. The summed E-state index contributed by atoms with van der Waals surface area (Å²) in [5.74, 6) is 1.02. The van der Waals surface area contributed by atoms with E-state index in [1.165, 1.54) is 10.4 Å². The second kappa shape index (κ2) is 6.55. The van der Waals surface area contributed by atoms with Crippen LogP contribution in [-0.4, -0.2) is 10.9 Å². The van der Waals surface area contributed by atoms with Crippen molar-refractivity contribution in [2.45, 2.75) is 25.7 Å². The van der Waals surface area contributed by atoms with Crippen LogP contribution < -0.4 is 0 Å². The highest BCUT2D eigenvalue weighted by Crippen LogP contribution is 2.26. The highest BCUT2D eigenvalue weighted by atomic mass is 35.5. The zero-order valence-electron chi connectivity index (χ0n) is 10.2. The van der Waals surface area contributed by atoms with Crippen LogP contribution in [0.2, 0.25) is 5.02 Å². The molecule has 1 unspecified atom stereocenters.